The second-order valence-corrected chi connectivity index (χ2v) is 6.63. The van der Waals surface area contributed by atoms with Crippen LogP contribution in [-0.4, -0.2) is 35.5 Å². The number of carbonyl (C=O) groups is 2. The summed E-state index contributed by atoms with van der Waals surface area (Å²) in [5.41, 5.74) is 3.21. The van der Waals surface area contributed by atoms with E-state index >= 15 is 0 Å². The molecule has 0 fully saturated rings. The Bertz CT molecular complexity index is 788. The Balaban J connectivity index is 1.85. The minimum atomic E-state index is -0.941. The van der Waals surface area contributed by atoms with Crippen LogP contribution in [-0.2, 0) is 29.0 Å². The van der Waals surface area contributed by atoms with Gasteiger partial charge in [-0.2, -0.15) is 0 Å². The summed E-state index contributed by atoms with van der Waals surface area (Å²) in [5, 5.41) is 9.21. The SMILES string of the molecule is COc1ccc2c(c1)CN(CCc1ccccc1)C(=O)[C@H](CC(=O)O)C2. The lowest BCUT2D eigenvalue weighted by Gasteiger charge is -2.24. The molecule has 2 aromatic carbocycles. The summed E-state index contributed by atoms with van der Waals surface area (Å²) in [4.78, 5) is 26.0. The van der Waals surface area contributed by atoms with E-state index in [0.717, 1.165) is 28.9 Å². The zero-order valence-electron chi connectivity index (χ0n) is 14.9. The van der Waals surface area contributed by atoms with Crippen LogP contribution in [0.1, 0.15) is 23.1 Å². The highest BCUT2D eigenvalue weighted by Crippen LogP contribution is 2.28. The van der Waals surface area contributed by atoms with Gasteiger partial charge in [-0.1, -0.05) is 36.4 Å². The largest absolute Gasteiger partial charge is 0.497 e. The Morgan fingerprint density at radius 2 is 1.96 bits per heavy atom. The van der Waals surface area contributed by atoms with Crippen LogP contribution in [0.4, 0.5) is 0 Å². The molecule has 0 saturated heterocycles. The van der Waals surface area contributed by atoms with Gasteiger partial charge < -0.3 is 14.7 Å². The molecule has 1 N–H and O–H groups in total. The average Bonchev–Trinajstić information content (AvgIpc) is 2.77. The summed E-state index contributed by atoms with van der Waals surface area (Å²) in [7, 11) is 1.62. The second-order valence-electron chi connectivity index (χ2n) is 6.63. The van der Waals surface area contributed by atoms with E-state index in [-0.39, 0.29) is 12.3 Å². The van der Waals surface area contributed by atoms with Crippen molar-refractivity contribution in [3.05, 3.63) is 65.2 Å². The molecule has 136 valence electrons. The zero-order valence-corrected chi connectivity index (χ0v) is 14.9. The summed E-state index contributed by atoms with van der Waals surface area (Å²) in [5.74, 6) is -0.810. The van der Waals surface area contributed by atoms with Crippen molar-refractivity contribution in [3.63, 3.8) is 0 Å². The van der Waals surface area contributed by atoms with Crippen molar-refractivity contribution in [2.45, 2.75) is 25.8 Å². The molecule has 0 radical (unpaired) electrons. The number of aliphatic carboxylic acids is 1. The Morgan fingerprint density at radius 1 is 1.19 bits per heavy atom. The zero-order chi connectivity index (χ0) is 18.5. The molecular weight excluding hydrogens is 330 g/mol. The molecule has 5 heteroatoms. The first-order valence-electron chi connectivity index (χ1n) is 8.77. The predicted octanol–water partition coefficient (Wildman–Crippen LogP) is 2.91. The van der Waals surface area contributed by atoms with Gasteiger partial charge in [-0.15, -0.1) is 0 Å². The van der Waals surface area contributed by atoms with Crippen LogP contribution in [0.3, 0.4) is 0 Å². The fourth-order valence-corrected chi connectivity index (χ4v) is 3.44. The van der Waals surface area contributed by atoms with Gasteiger partial charge in [0.05, 0.1) is 19.4 Å². The van der Waals surface area contributed by atoms with E-state index in [2.05, 4.69) is 0 Å². The summed E-state index contributed by atoms with van der Waals surface area (Å²) < 4.78 is 5.31. The van der Waals surface area contributed by atoms with Crippen LogP contribution in [0.5, 0.6) is 5.75 Å². The standard InChI is InChI=1S/C21H23NO4/c1-26-19-8-7-16-11-17(13-20(23)24)21(25)22(14-18(16)12-19)10-9-15-5-3-2-4-6-15/h2-8,12,17H,9-11,13-14H2,1H3,(H,23,24)/t17-/m0/s1. The molecule has 1 aliphatic rings. The number of carboxylic acid groups (broad SMARTS) is 1. The van der Waals surface area contributed by atoms with Gasteiger partial charge in [0.15, 0.2) is 0 Å². The van der Waals surface area contributed by atoms with Crippen molar-refractivity contribution in [3.8, 4) is 5.75 Å². The highest BCUT2D eigenvalue weighted by Gasteiger charge is 2.31. The van der Waals surface area contributed by atoms with Gasteiger partial charge in [-0.25, -0.2) is 0 Å². The number of ether oxygens (including phenoxy) is 1. The average molecular weight is 353 g/mol. The first kappa shape index (κ1) is 18.0. The van der Waals surface area contributed by atoms with Crippen LogP contribution in [0, 0.1) is 5.92 Å². The van der Waals surface area contributed by atoms with Crippen LogP contribution < -0.4 is 4.74 Å². The summed E-state index contributed by atoms with van der Waals surface area (Å²) >= 11 is 0. The number of methoxy groups -OCH3 is 1. The molecule has 0 bridgehead atoms. The van der Waals surface area contributed by atoms with Gasteiger partial charge in [0.2, 0.25) is 5.91 Å². The summed E-state index contributed by atoms with van der Waals surface area (Å²) in [6.45, 7) is 1.05. The van der Waals surface area contributed by atoms with Gasteiger partial charge in [-0.3, -0.25) is 9.59 Å². The number of amides is 1. The number of hydrogen-bond donors (Lipinski definition) is 1. The molecule has 2 aromatic rings. The number of benzene rings is 2. The topological polar surface area (TPSA) is 66.8 Å². The highest BCUT2D eigenvalue weighted by molar-refractivity contribution is 5.84. The van der Waals surface area contributed by atoms with E-state index in [9.17, 15) is 14.7 Å². The molecule has 0 aromatic heterocycles. The number of carbonyl (C=O) groups excluding carboxylic acids is 1. The molecule has 0 spiro atoms. The Hall–Kier alpha value is -2.82. The number of fused-ring (bicyclic) bond motifs is 1. The molecule has 3 rings (SSSR count). The molecule has 0 unspecified atom stereocenters. The van der Waals surface area contributed by atoms with Crippen molar-refractivity contribution in [1.29, 1.82) is 0 Å². The number of hydrogen-bond acceptors (Lipinski definition) is 3. The monoisotopic (exact) mass is 353 g/mol. The van der Waals surface area contributed by atoms with Crippen molar-refractivity contribution in [1.82, 2.24) is 4.90 Å². The smallest absolute Gasteiger partial charge is 0.304 e. The quantitative estimate of drug-likeness (QED) is 0.867. The number of carboxylic acids is 1. The van der Waals surface area contributed by atoms with Gasteiger partial charge in [-0.05, 0) is 41.7 Å². The lowest BCUT2D eigenvalue weighted by Crippen LogP contribution is -2.37. The van der Waals surface area contributed by atoms with Crippen molar-refractivity contribution in [2.75, 3.05) is 13.7 Å². The number of rotatable bonds is 6. The van der Waals surface area contributed by atoms with Gasteiger partial charge >= 0.3 is 5.97 Å². The maximum absolute atomic E-state index is 13.0. The summed E-state index contributed by atoms with van der Waals surface area (Å²) in [6, 6.07) is 15.7. The Morgan fingerprint density at radius 3 is 2.65 bits per heavy atom. The van der Waals surface area contributed by atoms with E-state index in [1.54, 1.807) is 12.0 Å². The van der Waals surface area contributed by atoms with Gasteiger partial charge in [0, 0.05) is 13.1 Å². The second kappa shape index (κ2) is 8.04. The number of nitrogens with zero attached hydrogens (tertiary/aromatic N) is 1. The third kappa shape index (κ3) is 4.23. The maximum atomic E-state index is 13.0. The van der Waals surface area contributed by atoms with Gasteiger partial charge in [0.1, 0.15) is 5.75 Å². The summed E-state index contributed by atoms with van der Waals surface area (Å²) in [6.07, 6.45) is 1.05. The third-order valence-electron chi connectivity index (χ3n) is 4.84. The molecule has 0 aliphatic carbocycles. The molecule has 1 heterocycles. The van der Waals surface area contributed by atoms with Crippen LogP contribution in [0.15, 0.2) is 48.5 Å². The van der Waals surface area contributed by atoms with Crippen molar-refractivity contribution in [2.24, 2.45) is 5.92 Å². The fraction of sp³-hybridized carbons (Fsp3) is 0.333. The maximum Gasteiger partial charge on any atom is 0.304 e. The lowest BCUT2D eigenvalue weighted by molar-refractivity contribution is -0.144. The first-order chi connectivity index (χ1) is 12.6. The van der Waals surface area contributed by atoms with Gasteiger partial charge in [0.25, 0.3) is 0 Å². The molecule has 1 amide bonds. The lowest BCUT2D eigenvalue weighted by atomic mass is 9.94. The van der Waals surface area contributed by atoms with Crippen LogP contribution in [0.2, 0.25) is 0 Å². The predicted molar refractivity (Wildman–Crippen MR) is 98.0 cm³/mol. The third-order valence-corrected chi connectivity index (χ3v) is 4.84. The molecule has 5 nitrogen and oxygen atoms in total. The van der Waals surface area contributed by atoms with E-state index in [4.69, 9.17) is 4.74 Å². The van der Waals surface area contributed by atoms with Crippen molar-refractivity contribution < 1.29 is 19.4 Å². The van der Waals surface area contributed by atoms with E-state index in [1.807, 2.05) is 48.5 Å². The van der Waals surface area contributed by atoms with Crippen LogP contribution >= 0.6 is 0 Å². The minimum Gasteiger partial charge on any atom is -0.497 e. The highest BCUT2D eigenvalue weighted by atomic mass is 16.5. The molecule has 1 atom stereocenters. The molecule has 0 saturated carbocycles. The molecule has 26 heavy (non-hydrogen) atoms. The van der Waals surface area contributed by atoms with E-state index < -0.39 is 11.9 Å². The molecule has 1 aliphatic heterocycles. The fourth-order valence-electron chi connectivity index (χ4n) is 3.44. The van der Waals surface area contributed by atoms with E-state index in [0.29, 0.717) is 19.5 Å². The minimum absolute atomic E-state index is 0.0847. The Labute approximate surface area is 153 Å². The Kier molecular flexibility index (Phi) is 5.56. The normalized spacial score (nSPS) is 16.7. The van der Waals surface area contributed by atoms with Crippen LogP contribution in [0.25, 0.3) is 0 Å². The van der Waals surface area contributed by atoms with E-state index in [1.165, 1.54) is 0 Å². The van der Waals surface area contributed by atoms with Crippen molar-refractivity contribution >= 4 is 11.9 Å². The first-order valence-corrected chi connectivity index (χ1v) is 8.77. The molecular formula is C21H23NO4.